The number of imidazole rings is 1. The highest BCUT2D eigenvalue weighted by Crippen LogP contribution is 2.20. The predicted octanol–water partition coefficient (Wildman–Crippen LogP) is 1.18. The number of aromatic nitrogens is 5. The Morgan fingerprint density at radius 1 is 1.11 bits per heavy atom. The molecule has 0 spiro atoms. The summed E-state index contributed by atoms with van der Waals surface area (Å²) >= 11 is 0. The van der Waals surface area contributed by atoms with Crippen LogP contribution in [0.2, 0.25) is 0 Å². The van der Waals surface area contributed by atoms with Gasteiger partial charge in [0.15, 0.2) is 6.10 Å². The average Bonchev–Trinajstić information content (AvgIpc) is 3.37. The predicted molar refractivity (Wildman–Crippen MR) is 97.0 cm³/mol. The van der Waals surface area contributed by atoms with Gasteiger partial charge in [0.05, 0.1) is 16.7 Å². The molecule has 1 amide bonds. The van der Waals surface area contributed by atoms with Gasteiger partial charge in [-0.25, -0.2) is 14.6 Å². The van der Waals surface area contributed by atoms with Gasteiger partial charge in [0.2, 0.25) is 0 Å². The first kappa shape index (κ1) is 16.9. The number of rotatable bonds is 5. The number of aliphatic hydroxyl groups excluding tert-OH is 2. The number of benzene rings is 2. The fraction of sp³-hybridized carbons (Fsp3) is 0.111. The number of carbonyl (C=O) groups is 1. The summed E-state index contributed by atoms with van der Waals surface area (Å²) in [5, 5.41) is 27.0. The topological polar surface area (TPSA) is 129 Å². The number of hydrogen-bond donors (Lipinski definition) is 4. The zero-order valence-electron chi connectivity index (χ0n) is 14.0. The molecule has 0 radical (unpaired) electrons. The zero-order chi connectivity index (χ0) is 18.8. The molecule has 0 saturated carbocycles. The Bertz CT molecular complexity index is 1030. The van der Waals surface area contributed by atoms with E-state index >= 15 is 0 Å². The number of anilines is 1. The summed E-state index contributed by atoms with van der Waals surface area (Å²) in [5.41, 5.74) is 2.60. The lowest BCUT2D eigenvalue weighted by Crippen LogP contribution is -2.33. The van der Waals surface area contributed by atoms with Crippen molar-refractivity contribution < 1.29 is 15.0 Å². The minimum absolute atomic E-state index is 0.125. The van der Waals surface area contributed by atoms with Crippen LogP contribution in [0.3, 0.4) is 0 Å². The molecule has 2 heterocycles. The summed E-state index contributed by atoms with van der Waals surface area (Å²) in [5.74, 6) is -0.614. The maximum atomic E-state index is 12.3. The molecular formula is C18H16N6O3. The molecule has 2 aromatic heterocycles. The van der Waals surface area contributed by atoms with Crippen molar-refractivity contribution in [1.29, 1.82) is 0 Å². The van der Waals surface area contributed by atoms with Gasteiger partial charge in [0.25, 0.3) is 5.91 Å². The second-order valence-electron chi connectivity index (χ2n) is 5.91. The molecule has 4 rings (SSSR count). The molecule has 4 N–H and O–H groups in total. The molecule has 0 aliphatic rings. The fourth-order valence-electron chi connectivity index (χ4n) is 2.66. The highest BCUT2D eigenvalue weighted by atomic mass is 16.3. The number of nitrogens with one attached hydrogen (secondary N) is 2. The first-order valence-electron chi connectivity index (χ1n) is 8.18. The monoisotopic (exact) mass is 364 g/mol. The molecule has 0 aliphatic heterocycles. The Morgan fingerprint density at radius 3 is 2.59 bits per heavy atom. The highest BCUT2D eigenvalue weighted by Gasteiger charge is 2.28. The van der Waals surface area contributed by atoms with Crippen LogP contribution in [0, 0.1) is 0 Å². The molecule has 9 nitrogen and oxygen atoms in total. The van der Waals surface area contributed by atoms with E-state index in [1.165, 1.54) is 6.33 Å². The molecule has 0 aliphatic carbocycles. The number of carbonyl (C=O) groups excluding carboxylic acids is 1. The van der Waals surface area contributed by atoms with Crippen molar-refractivity contribution in [2.75, 3.05) is 5.32 Å². The van der Waals surface area contributed by atoms with Crippen LogP contribution in [0.25, 0.3) is 16.7 Å². The van der Waals surface area contributed by atoms with Crippen molar-refractivity contribution in [3.05, 3.63) is 67.0 Å². The van der Waals surface area contributed by atoms with Crippen molar-refractivity contribution in [2.24, 2.45) is 0 Å². The first-order valence-corrected chi connectivity index (χ1v) is 8.18. The Labute approximate surface area is 153 Å². The molecule has 136 valence electrons. The van der Waals surface area contributed by atoms with Crippen LogP contribution in [0.5, 0.6) is 0 Å². The second kappa shape index (κ2) is 6.98. The van der Waals surface area contributed by atoms with Crippen LogP contribution in [0.4, 0.5) is 5.69 Å². The van der Waals surface area contributed by atoms with Gasteiger partial charge < -0.3 is 20.5 Å². The van der Waals surface area contributed by atoms with E-state index < -0.39 is 18.1 Å². The lowest BCUT2D eigenvalue weighted by Gasteiger charge is -2.16. The summed E-state index contributed by atoms with van der Waals surface area (Å²) in [6.07, 6.45) is -0.181. The van der Waals surface area contributed by atoms with Gasteiger partial charge in [-0.15, -0.1) is 0 Å². The molecule has 2 aromatic carbocycles. The lowest BCUT2D eigenvalue weighted by atomic mass is 10.1. The number of fused-ring (bicyclic) bond motifs is 1. The van der Waals surface area contributed by atoms with E-state index in [1.807, 2.05) is 12.1 Å². The van der Waals surface area contributed by atoms with Crippen LogP contribution < -0.4 is 5.32 Å². The number of hydrogen-bond acceptors (Lipinski definition) is 6. The Kier molecular flexibility index (Phi) is 4.37. The Morgan fingerprint density at radius 2 is 1.89 bits per heavy atom. The van der Waals surface area contributed by atoms with E-state index in [0.29, 0.717) is 16.7 Å². The molecule has 4 aromatic rings. The van der Waals surface area contributed by atoms with Gasteiger partial charge in [0, 0.05) is 5.69 Å². The number of aromatic amines is 1. The van der Waals surface area contributed by atoms with Gasteiger partial charge >= 0.3 is 0 Å². The number of amides is 1. The van der Waals surface area contributed by atoms with Crippen LogP contribution in [0.15, 0.2) is 61.2 Å². The van der Waals surface area contributed by atoms with E-state index in [-0.39, 0.29) is 5.82 Å². The number of para-hydroxylation sites is 2. The average molecular weight is 364 g/mol. The first-order chi connectivity index (χ1) is 13.1. The van der Waals surface area contributed by atoms with Crippen molar-refractivity contribution in [3.63, 3.8) is 0 Å². The van der Waals surface area contributed by atoms with Gasteiger partial charge in [-0.1, -0.05) is 12.1 Å². The minimum Gasteiger partial charge on any atom is -0.382 e. The van der Waals surface area contributed by atoms with Crippen molar-refractivity contribution in [3.8, 4) is 5.69 Å². The number of H-pyrrole nitrogens is 1. The minimum atomic E-state index is -1.68. The van der Waals surface area contributed by atoms with Gasteiger partial charge in [-0.2, -0.15) is 5.10 Å². The van der Waals surface area contributed by atoms with Gasteiger partial charge in [0.1, 0.15) is 24.6 Å². The summed E-state index contributed by atoms with van der Waals surface area (Å²) in [7, 11) is 0. The zero-order valence-corrected chi connectivity index (χ0v) is 14.0. The lowest BCUT2D eigenvalue weighted by molar-refractivity contribution is -0.130. The van der Waals surface area contributed by atoms with Crippen LogP contribution in [-0.4, -0.2) is 47.0 Å². The van der Waals surface area contributed by atoms with Crippen molar-refractivity contribution in [1.82, 2.24) is 24.7 Å². The van der Waals surface area contributed by atoms with Crippen LogP contribution in [0.1, 0.15) is 11.9 Å². The maximum absolute atomic E-state index is 12.3. The number of nitrogens with zero attached hydrogens (tertiary/aromatic N) is 4. The molecule has 2 atom stereocenters. The Hall–Kier alpha value is -3.56. The smallest absolute Gasteiger partial charge is 0.256 e. The second-order valence-corrected chi connectivity index (χ2v) is 5.91. The van der Waals surface area contributed by atoms with Crippen molar-refractivity contribution in [2.45, 2.75) is 12.2 Å². The van der Waals surface area contributed by atoms with Gasteiger partial charge in [-0.3, -0.25) is 4.79 Å². The molecule has 27 heavy (non-hydrogen) atoms. The largest absolute Gasteiger partial charge is 0.382 e. The third kappa shape index (κ3) is 3.41. The SMILES string of the molecule is O=C(Nc1ccc(-n2cncn2)cc1)C(O)C(O)c1nc2ccccc2[nH]1. The van der Waals surface area contributed by atoms with E-state index in [4.69, 9.17) is 0 Å². The van der Waals surface area contributed by atoms with E-state index in [9.17, 15) is 15.0 Å². The quantitative estimate of drug-likeness (QED) is 0.421. The third-order valence-electron chi connectivity index (χ3n) is 4.07. The van der Waals surface area contributed by atoms with Crippen LogP contribution >= 0.6 is 0 Å². The number of aliphatic hydroxyl groups is 2. The van der Waals surface area contributed by atoms with E-state index in [0.717, 1.165) is 5.69 Å². The summed E-state index contributed by atoms with van der Waals surface area (Å²) < 4.78 is 1.58. The standard InChI is InChI=1S/C18H16N6O3/c25-15(17-22-13-3-1-2-4-14(13)23-17)16(26)18(27)21-11-5-7-12(8-6-11)24-10-19-9-20-24/h1-10,15-16,25-26H,(H,21,27)(H,22,23). The van der Waals surface area contributed by atoms with Crippen molar-refractivity contribution >= 4 is 22.6 Å². The fourth-order valence-corrected chi connectivity index (χ4v) is 2.66. The highest BCUT2D eigenvalue weighted by molar-refractivity contribution is 5.94. The summed E-state index contributed by atoms with van der Waals surface area (Å²) in [4.78, 5) is 23.2. The van der Waals surface area contributed by atoms with Crippen LogP contribution in [-0.2, 0) is 4.79 Å². The molecule has 0 bridgehead atoms. The molecular weight excluding hydrogens is 348 g/mol. The van der Waals surface area contributed by atoms with Gasteiger partial charge in [-0.05, 0) is 36.4 Å². The normalized spacial score (nSPS) is 13.4. The van der Waals surface area contributed by atoms with E-state index in [1.54, 1.807) is 47.4 Å². The molecule has 0 saturated heterocycles. The molecule has 9 heteroatoms. The summed E-state index contributed by atoms with van der Waals surface area (Å²) in [6.45, 7) is 0. The maximum Gasteiger partial charge on any atom is 0.256 e. The Balaban J connectivity index is 1.45. The molecule has 2 unspecified atom stereocenters. The summed E-state index contributed by atoms with van der Waals surface area (Å²) in [6, 6.07) is 14.0. The molecule has 0 fully saturated rings. The van der Waals surface area contributed by atoms with E-state index in [2.05, 4.69) is 25.4 Å². The third-order valence-corrected chi connectivity index (χ3v) is 4.07.